The molecule has 1 aliphatic heterocycles. The SMILES string of the molecule is COC(=O)/C=N/N1C(=O)OC[C@@H]1Cc1ccccc1. The van der Waals surface area contributed by atoms with Crippen molar-refractivity contribution in [1.29, 1.82) is 0 Å². The van der Waals surface area contributed by atoms with Gasteiger partial charge in [-0.25, -0.2) is 9.59 Å². The van der Waals surface area contributed by atoms with Crippen LogP contribution in [0, 0.1) is 0 Å². The minimum Gasteiger partial charge on any atom is -0.465 e. The van der Waals surface area contributed by atoms with Gasteiger partial charge in [0.1, 0.15) is 12.8 Å². The predicted octanol–water partition coefficient (Wildman–Crippen LogP) is 1.21. The van der Waals surface area contributed by atoms with Crippen molar-refractivity contribution >= 4 is 18.3 Å². The average Bonchev–Trinajstić information content (AvgIpc) is 2.78. The van der Waals surface area contributed by atoms with Gasteiger partial charge in [-0.2, -0.15) is 10.1 Å². The van der Waals surface area contributed by atoms with Crippen LogP contribution in [0.4, 0.5) is 4.79 Å². The zero-order valence-electron chi connectivity index (χ0n) is 10.5. The molecule has 1 saturated heterocycles. The maximum Gasteiger partial charge on any atom is 0.430 e. The largest absolute Gasteiger partial charge is 0.465 e. The molecule has 0 aromatic heterocycles. The molecule has 1 aromatic rings. The van der Waals surface area contributed by atoms with Crippen LogP contribution >= 0.6 is 0 Å². The van der Waals surface area contributed by atoms with Crippen LogP contribution in [0.2, 0.25) is 0 Å². The van der Waals surface area contributed by atoms with Gasteiger partial charge in [-0.1, -0.05) is 30.3 Å². The van der Waals surface area contributed by atoms with Crippen LogP contribution in [0.5, 0.6) is 0 Å². The lowest BCUT2D eigenvalue weighted by molar-refractivity contribution is -0.132. The molecule has 2 rings (SSSR count). The summed E-state index contributed by atoms with van der Waals surface area (Å²) in [6, 6.07) is 9.49. The molecule has 1 aromatic carbocycles. The summed E-state index contributed by atoms with van der Waals surface area (Å²) in [6.07, 6.45) is 1.02. The number of hydrazone groups is 1. The predicted molar refractivity (Wildman–Crippen MR) is 67.6 cm³/mol. The van der Waals surface area contributed by atoms with E-state index in [0.29, 0.717) is 6.42 Å². The number of rotatable bonds is 4. The van der Waals surface area contributed by atoms with Gasteiger partial charge in [0.25, 0.3) is 0 Å². The molecular formula is C13H14N2O4. The molecule has 1 fully saturated rings. The molecule has 0 bridgehead atoms. The topological polar surface area (TPSA) is 68.2 Å². The fourth-order valence-corrected chi connectivity index (χ4v) is 1.79. The zero-order valence-corrected chi connectivity index (χ0v) is 10.5. The third kappa shape index (κ3) is 3.31. The third-order valence-electron chi connectivity index (χ3n) is 2.74. The monoisotopic (exact) mass is 262 g/mol. The van der Waals surface area contributed by atoms with E-state index in [0.717, 1.165) is 11.8 Å². The summed E-state index contributed by atoms with van der Waals surface area (Å²) in [5.74, 6) is -0.613. The molecule has 1 amide bonds. The highest BCUT2D eigenvalue weighted by Gasteiger charge is 2.33. The second kappa shape index (κ2) is 5.99. The maximum absolute atomic E-state index is 11.5. The van der Waals surface area contributed by atoms with Crippen molar-refractivity contribution in [2.75, 3.05) is 13.7 Å². The van der Waals surface area contributed by atoms with Crippen molar-refractivity contribution in [3.8, 4) is 0 Å². The number of carbonyl (C=O) groups is 2. The molecule has 1 aliphatic rings. The van der Waals surface area contributed by atoms with E-state index in [-0.39, 0.29) is 12.6 Å². The molecule has 1 atom stereocenters. The molecule has 19 heavy (non-hydrogen) atoms. The van der Waals surface area contributed by atoms with Gasteiger partial charge in [-0.3, -0.25) is 0 Å². The normalized spacial score (nSPS) is 18.7. The first-order valence-corrected chi connectivity index (χ1v) is 5.82. The first kappa shape index (κ1) is 13.1. The van der Waals surface area contributed by atoms with E-state index in [1.165, 1.54) is 12.1 Å². The van der Waals surface area contributed by atoms with Crippen molar-refractivity contribution in [2.24, 2.45) is 5.10 Å². The minimum atomic E-state index is -0.613. The number of carbonyl (C=O) groups excluding carboxylic acids is 2. The van der Waals surface area contributed by atoms with Crippen LogP contribution in [0.1, 0.15) is 5.56 Å². The standard InChI is InChI=1S/C13H14N2O4/c1-18-12(16)8-14-15-11(9-19-13(15)17)7-10-5-3-2-4-6-10/h2-6,8,11H,7,9H2,1H3/b14-8+/t11-/m0/s1. The number of nitrogens with zero attached hydrogens (tertiary/aromatic N) is 2. The molecule has 0 unspecified atom stereocenters. The fourth-order valence-electron chi connectivity index (χ4n) is 1.79. The van der Waals surface area contributed by atoms with Crippen LogP contribution in [0.15, 0.2) is 35.4 Å². The zero-order chi connectivity index (χ0) is 13.7. The van der Waals surface area contributed by atoms with E-state index < -0.39 is 12.1 Å². The van der Waals surface area contributed by atoms with Crippen molar-refractivity contribution in [3.63, 3.8) is 0 Å². The first-order chi connectivity index (χ1) is 9.20. The number of hydrogen-bond donors (Lipinski definition) is 0. The molecule has 0 spiro atoms. The van der Waals surface area contributed by atoms with Gasteiger partial charge in [-0.15, -0.1) is 0 Å². The number of cyclic esters (lactones) is 1. The van der Waals surface area contributed by atoms with Gasteiger partial charge in [-0.05, 0) is 12.0 Å². The Hall–Kier alpha value is -2.37. The van der Waals surface area contributed by atoms with Gasteiger partial charge in [0.05, 0.1) is 13.2 Å². The number of benzene rings is 1. The van der Waals surface area contributed by atoms with E-state index in [1.807, 2.05) is 30.3 Å². The summed E-state index contributed by atoms with van der Waals surface area (Å²) >= 11 is 0. The molecule has 6 heteroatoms. The lowest BCUT2D eigenvalue weighted by atomic mass is 10.1. The van der Waals surface area contributed by atoms with Crippen molar-refractivity contribution in [2.45, 2.75) is 12.5 Å². The van der Waals surface area contributed by atoms with Gasteiger partial charge < -0.3 is 9.47 Å². The number of amides is 1. The van der Waals surface area contributed by atoms with E-state index >= 15 is 0 Å². The van der Waals surface area contributed by atoms with Crippen LogP contribution in [0.3, 0.4) is 0 Å². The summed E-state index contributed by atoms with van der Waals surface area (Å²) in [6.45, 7) is 0.256. The van der Waals surface area contributed by atoms with Gasteiger partial charge in [0.15, 0.2) is 0 Å². The Kier molecular flexibility index (Phi) is 4.12. The van der Waals surface area contributed by atoms with E-state index in [1.54, 1.807) is 0 Å². The van der Waals surface area contributed by atoms with Crippen molar-refractivity contribution < 1.29 is 19.1 Å². The number of hydrogen-bond acceptors (Lipinski definition) is 5. The second-order valence-corrected chi connectivity index (χ2v) is 4.03. The summed E-state index contributed by atoms with van der Waals surface area (Å²) in [7, 11) is 1.25. The second-order valence-electron chi connectivity index (χ2n) is 4.03. The quantitative estimate of drug-likeness (QED) is 0.604. The minimum absolute atomic E-state index is 0.212. The van der Waals surface area contributed by atoms with E-state index in [9.17, 15) is 9.59 Å². The van der Waals surface area contributed by atoms with Gasteiger partial charge >= 0.3 is 12.1 Å². The number of ether oxygens (including phenoxy) is 2. The Bertz CT molecular complexity index is 487. The van der Waals surface area contributed by atoms with E-state index in [4.69, 9.17) is 4.74 Å². The third-order valence-corrected chi connectivity index (χ3v) is 2.74. The summed E-state index contributed by atoms with van der Waals surface area (Å²) in [4.78, 5) is 22.5. The molecule has 0 N–H and O–H groups in total. The highest BCUT2D eigenvalue weighted by atomic mass is 16.6. The molecule has 0 aliphatic carbocycles. The number of methoxy groups -OCH3 is 1. The first-order valence-electron chi connectivity index (χ1n) is 5.82. The number of esters is 1. The molecule has 0 radical (unpaired) electrons. The van der Waals surface area contributed by atoms with Crippen molar-refractivity contribution in [3.05, 3.63) is 35.9 Å². The van der Waals surface area contributed by atoms with Gasteiger partial charge in [0, 0.05) is 0 Å². The highest BCUT2D eigenvalue weighted by molar-refractivity contribution is 6.23. The Balaban J connectivity index is 2.05. The van der Waals surface area contributed by atoms with Crippen LogP contribution < -0.4 is 0 Å². The Morgan fingerprint density at radius 3 is 2.95 bits per heavy atom. The lowest BCUT2D eigenvalue weighted by Crippen LogP contribution is -2.31. The van der Waals surface area contributed by atoms with Gasteiger partial charge in [0.2, 0.25) is 0 Å². The molecule has 1 heterocycles. The van der Waals surface area contributed by atoms with Crippen molar-refractivity contribution in [1.82, 2.24) is 5.01 Å². The summed E-state index contributed by atoms with van der Waals surface area (Å²) in [5, 5.41) is 4.98. The van der Waals surface area contributed by atoms with Crippen LogP contribution in [0.25, 0.3) is 0 Å². The van der Waals surface area contributed by atoms with E-state index in [2.05, 4.69) is 9.84 Å². The Morgan fingerprint density at radius 2 is 2.26 bits per heavy atom. The van der Waals surface area contributed by atoms with Crippen LogP contribution in [-0.2, 0) is 20.7 Å². The highest BCUT2D eigenvalue weighted by Crippen LogP contribution is 2.17. The lowest BCUT2D eigenvalue weighted by Gasteiger charge is -2.15. The summed E-state index contributed by atoms with van der Waals surface area (Å²) in [5.41, 5.74) is 1.07. The Labute approximate surface area is 110 Å². The molecular weight excluding hydrogens is 248 g/mol. The molecule has 100 valence electrons. The average molecular weight is 262 g/mol. The Morgan fingerprint density at radius 1 is 1.53 bits per heavy atom. The smallest absolute Gasteiger partial charge is 0.430 e. The molecule has 0 saturated carbocycles. The van der Waals surface area contributed by atoms with Crippen LogP contribution in [-0.4, -0.2) is 43.0 Å². The fraction of sp³-hybridized carbons (Fsp3) is 0.308. The maximum atomic E-state index is 11.5. The summed E-state index contributed by atoms with van der Waals surface area (Å²) < 4.78 is 9.37. The molecule has 6 nitrogen and oxygen atoms in total.